The fourth-order valence-electron chi connectivity index (χ4n) is 0.141. The summed E-state index contributed by atoms with van der Waals surface area (Å²) in [5.74, 6) is 0. The standard InChI is InChI=1S/C3H7ClOSi/c1-2-3-5-6-4/h2-3H2,1H3. The molecule has 0 aliphatic carbocycles. The van der Waals surface area contributed by atoms with Crippen LogP contribution < -0.4 is 0 Å². The van der Waals surface area contributed by atoms with Crippen LogP contribution in [0, 0.1) is 0 Å². The maximum absolute atomic E-state index is 5.19. The van der Waals surface area contributed by atoms with Gasteiger partial charge >= 0.3 is 9.07 Å². The minimum absolute atomic E-state index is 0.137. The van der Waals surface area contributed by atoms with E-state index in [1.54, 1.807) is 0 Å². The maximum atomic E-state index is 5.19. The van der Waals surface area contributed by atoms with Gasteiger partial charge in [0.2, 0.25) is 0 Å². The highest BCUT2D eigenvalue weighted by atomic mass is 35.6. The molecule has 0 heterocycles. The quantitative estimate of drug-likeness (QED) is 0.311. The van der Waals surface area contributed by atoms with E-state index in [1.807, 2.05) is 0 Å². The fraction of sp³-hybridized carbons (Fsp3) is 1.00. The molecule has 0 aliphatic rings. The van der Waals surface area contributed by atoms with Gasteiger partial charge < -0.3 is 4.43 Å². The Kier molecular flexibility index (Phi) is 5.89. The lowest BCUT2D eigenvalue weighted by Crippen LogP contribution is -1.90. The van der Waals surface area contributed by atoms with E-state index in [0.717, 1.165) is 13.0 Å². The van der Waals surface area contributed by atoms with Crippen LogP contribution in [0.1, 0.15) is 13.3 Å². The van der Waals surface area contributed by atoms with E-state index in [4.69, 9.17) is 15.5 Å². The molecular formula is C3H7ClOSi. The van der Waals surface area contributed by atoms with Crippen LogP contribution in [-0.2, 0) is 4.43 Å². The molecule has 0 N–H and O–H groups in total. The first-order chi connectivity index (χ1) is 2.91. The summed E-state index contributed by atoms with van der Waals surface area (Å²) in [6.45, 7) is 2.85. The molecule has 0 aromatic rings. The Morgan fingerprint density at radius 2 is 2.50 bits per heavy atom. The minimum atomic E-state index is 0.137. The van der Waals surface area contributed by atoms with Crippen molar-refractivity contribution in [1.29, 1.82) is 0 Å². The summed E-state index contributed by atoms with van der Waals surface area (Å²) in [4.78, 5) is 0. The van der Waals surface area contributed by atoms with Crippen molar-refractivity contribution in [2.45, 2.75) is 13.3 Å². The second kappa shape index (κ2) is 5.47. The SMILES string of the molecule is CCCO[Si]Cl. The van der Waals surface area contributed by atoms with Crippen molar-refractivity contribution in [3.8, 4) is 0 Å². The predicted molar refractivity (Wildman–Crippen MR) is 27.8 cm³/mol. The Morgan fingerprint density at radius 1 is 1.83 bits per heavy atom. The van der Waals surface area contributed by atoms with Crippen LogP contribution in [0.3, 0.4) is 0 Å². The monoisotopic (exact) mass is 122 g/mol. The number of hydrogen-bond acceptors (Lipinski definition) is 1. The van der Waals surface area contributed by atoms with Gasteiger partial charge in [-0.25, -0.2) is 0 Å². The Hall–Kier alpha value is 0.467. The Balaban J connectivity index is 2.34. The average Bonchev–Trinajstić information content (AvgIpc) is 1.61. The molecule has 2 radical (unpaired) electrons. The van der Waals surface area contributed by atoms with Crippen molar-refractivity contribution < 1.29 is 4.43 Å². The molecular weight excluding hydrogens is 116 g/mol. The first-order valence-corrected chi connectivity index (χ1v) is 3.81. The van der Waals surface area contributed by atoms with Gasteiger partial charge in [0.1, 0.15) is 0 Å². The molecule has 6 heavy (non-hydrogen) atoms. The van der Waals surface area contributed by atoms with Gasteiger partial charge in [-0.1, -0.05) is 6.92 Å². The molecule has 0 amide bonds. The highest BCUT2D eigenvalue weighted by Crippen LogP contribution is 1.77. The Labute approximate surface area is 45.3 Å². The summed E-state index contributed by atoms with van der Waals surface area (Å²) in [6.07, 6.45) is 1.06. The van der Waals surface area contributed by atoms with Crippen molar-refractivity contribution in [3.63, 3.8) is 0 Å². The molecule has 0 aromatic carbocycles. The second-order valence-electron chi connectivity index (χ2n) is 0.926. The van der Waals surface area contributed by atoms with Crippen molar-refractivity contribution >= 4 is 20.2 Å². The van der Waals surface area contributed by atoms with Crippen LogP contribution in [-0.4, -0.2) is 15.7 Å². The fourth-order valence-corrected chi connectivity index (χ4v) is 0.653. The summed E-state index contributed by atoms with van der Waals surface area (Å²) in [5, 5.41) is 0. The van der Waals surface area contributed by atoms with Gasteiger partial charge in [0.25, 0.3) is 0 Å². The van der Waals surface area contributed by atoms with Crippen LogP contribution in [0.15, 0.2) is 0 Å². The van der Waals surface area contributed by atoms with Gasteiger partial charge in [-0.3, -0.25) is 0 Å². The number of rotatable bonds is 3. The normalized spacial score (nSPS) is 9.00. The van der Waals surface area contributed by atoms with Gasteiger partial charge in [0.05, 0.1) is 0 Å². The van der Waals surface area contributed by atoms with E-state index in [1.165, 1.54) is 0 Å². The maximum Gasteiger partial charge on any atom is 0.356 e. The molecule has 0 aliphatic heterocycles. The lowest BCUT2D eigenvalue weighted by molar-refractivity contribution is 0.345. The smallest absolute Gasteiger partial charge is 0.356 e. The lowest BCUT2D eigenvalue weighted by atomic mass is 10.5. The third-order valence-corrected chi connectivity index (χ3v) is 1.00. The molecule has 3 heteroatoms. The van der Waals surface area contributed by atoms with E-state index in [0.29, 0.717) is 0 Å². The van der Waals surface area contributed by atoms with Gasteiger partial charge in [0.15, 0.2) is 0 Å². The van der Waals surface area contributed by atoms with Gasteiger partial charge in [0, 0.05) is 6.61 Å². The molecule has 1 nitrogen and oxygen atoms in total. The summed E-state index contributed by atoms with van der Waals surface area (Å²) in [7, 11) is 0.137. The highest BCUT2D eigenvalue weighted by molar-refractivity contribution is 6.89. The molecule has 0 saturated carbocycles. The van der Waals surface area contributed by atoms with Gasteiger partial charge in [-0.05, 0) is 6.42 Å². The third kappa shape index (κ3) is 4.47. The first-order valence-electron chi connectivity index (χ1n) is 1.89. The van der Waals surface area contributed by atoms with Crippen LogP contribution in [0.5, 0.6) is 0 Å². The second-order valence-corrected chi connectivity index (χ2v) is 1.83. The van der Waals surface area contributed by atoms with Crippen LogP contribution in [0.25, 0.3) is 0 Å². The van der Waals surface area contributed by atoms with Crippen molar-refractivity contribution in [3.05, 3.63) is 0 Å². The summed E-state index contributed by atoms with van der Waals surface area (Å²) >= 11 is 5.19. The highest BCUT2D eigenvalue weighted by Gasteiger charge is 1.78. The zero-order valence-corrected chi connectivity index (χ0v) is 5.46. The number of hydrogen-bond donors (Lipinski definition) is 0. The Bertz CT molecular complexity index is 22.8. The molecule has 0 saturated heterocycles. The number of halogens is 1. The molecule has 0 spiro atoms. The average molecular weight is 123 g/mol. The zero-order chi connectivity index (χ0) is 4.83. The molecule has 0 bridgehead atoms. The largest absolute Gasteiger partial charge is 0.403 e. The molecule has 0 unspecified atom stereocenters. The predicted octanol–water partition coefficient (Wildman–Crippen LogP) is 1.19. The van der Waals surface area contributed by atoms with E-state index >= 15 is 0 Å². The lowest BCUT2D eigenvalue weighted by Gasteiger charge is -1.88. The molecule has 0 atom stereocenters. The van der Waals surface area contributed by atoms with E-state index < -0.39 is 0 Å². The topological polar surface area (TPSA) is 9.23 Å². The molecule has 0 fully saturated rings. The summed E-state index contributed by atoms with van der Waals surface area (Å²) < 4.78 is 4.78. The summed E-state index contributed by atoms with van der Waals surface area (Å²) in [5.41, 5.74) is 0. The Morgan fingerprint density at radius 3 is 2.67 bits per heavy atom. The van der Waals surface area contributed by atoms with Crippen molar-refractivity contribution in [2.24, 2.45) is 0 Å². The van der Waals surface area contributed by atoms with Crippen LogP contribution in [0.4, 0.5) is 0 Å². The van der Waals surface area contributed by atoms with Gasteiger partial charge in [-0.2, -0.15) is 0 Å². The van der Waals surface area contributed by atoms with Crippen LogP contribution >= 0.6 is 11.1 Å². The van der Waals surface area contributed by atoms with Crippen molar-refractivity contribution in [1.82, 2.24) is 0 Å². The van der Waals surface area contributed by atoms with Crippen molar-refractivity contribution in [2.75, 3.05) is 6.61 Å². The van der Waals surface area contributed by atoms with E-state index in [-0.39, 0.29) is 9.07 Å². The molecule has 0 rings (SSSR count). The first kappa shape index (κ1) is 6.47. The minimum Gasteiger partial charge on any atom is -0.403 e. The summed E-state index contributed by atoms with van der Waals surface area (Å²) in [6, 6.07) is 0. The van der Waals surface area contributed by atoms with Crippen LogP contribution in [0.2, 0.25) is 0 Å². The molecule has 36 valence electrons. The van der Waals surface area contributed by atoms with Gasteiger partial charge in [-0.15, -0.1) is 11.1 Å². The van der Waals surface area contributed by atoms with E-state index in [2.05, 4.69) is 6.92 Å². The third-order valence-electron chi connectivity index (χ3n) is 0.361. The zero-order valence-electron chi connectivity index (χ0n) is 3.70. The molecule has 0 aromatic heterocycles. The van der Waals surface area contributed by atoms with E-state index in [9.17, 15) is 0 Å².